The van der Waals surface area contributed by atoms with E-state index in [1.54, 1.807) is 6.20 Å². The third kappa shape index (κ3) is 3.76. The lowest BCUT2D eigenvalue weighted by Crippen LogP contribution is -2.44. The van der Waals surface area contributed by atoms with E-state index in [1.807, 2.05) is 31.2 Å². The second-order valence-corrected chi connectivity index (χ2v) is 8.45. The molecule has 0 atom stereocenters. The number of hydrogen-bond donors (Lipinski definition) is 3. The van der Waals surface area contributed by atoms with Gasteiger partial charge in [-0.2, -0.15) is 5.10 Å². The van der Waals surface area contributed by atoms with Crippen LogP contribution in [0.2, 0.25) is 0 Å². The highest BCUT2D eigenvalue weighted by Gasteiger charge is 2.22. The van der Waals surface area contributed by atoms with Gasteiger partial charge in [0, 0.05) is 48.4 Å². The van der Waals surface area contributed by atoms with Crippen molar-refractivity contribution < 1.29 is 4.79 Å². The maximum atomic E-state index is 12.3. The summed E-state index contributed by atoms with van der Waals surface area (Å²) in [5.74, 6) is -0.284. The molecule has 168 valence electrons. The molecule has 0 spiro atoms. The number of carbonyl (C=O) groups excluding carboxylic acids is 1. The van der Waals surface area contributed by atoms with Crippen LogP contribution in [0.1, 0.15) is 16.1 Å². The predicted octanol–water partition coefficient (Wildman–Crippen LogP) is 2.43. The van der Waals surface area contributed by atoms with E-state index in [0.717, 1.165) is 59.5 Å². The van der Waals surface area contributed by atoms with Gasteiger partial charge in [-0.25, -0.2) is 9.97 Å². The Morgan fingerprint density at radius 2 is 1.88 bits per heavy atom. The van der Waals surface area contributed by atoms with Crippen molar-refractivity contribution in [3.8, 4) is 22.6 Å². The van der Waals surface area contributed by atoms with Crippen molar-refractivity contribution in [2.75, 3.05) is 43.9 Å². The fourth-order valence-electron chi connectivity index (χ4n) is 4.32. The van der Waals surface area contributed by atoms with Crippen molar-refractivity contribution in [2.24, 2.45) is 5.73 Å². The molecule has 2 aromatic heterocycles. The molecule has 1 saturated heterocycles. The number of aromatic amines is 1. The summed E-state index contributed by atoms with van der Waals surface area (Å²) < 4.78 is 0. The first-order valence-electron chi connectivity index (χ1n) is 10.9. The summed E-state index contributed by atoms with van der Waals surface area (Å²) in [6, 6.07) is 12.0. The number of nitrogen functional groups attached to an aromatic ring is 1. The number of benzene rings is 2. The molecule has 1 aliphatic rings. The van der Waals surface area contributed by atoms with Crippen LogP contribution in [0, 0.1) is 6.92 Å². The van der Waals surface area contributed by atoms with Crippen molar-refractivity contribution in [3.05, 3.63) is 53.9 Å². The van der Waals surface area contributed by atoms with Crippen LogP contribution in [-0.4, -0.2) is 64.2 Å². The molecule has 0 saturated carbocycles. The second-order valence-electron chi connectivity index (χ2n) is 8.45. The van der Waals surface area contributed by atoms with Gasteiger partial charge in [-0.3, -0.25) is 9.89 Å². The molecule has 3 heterocycles. The Balaban J connectivity index is 1.66. The first-order chi connectivity index (χ1) is 15.9. The fourth-order valence-corrected chi connectivity index (χ4v) is 4.32. The number of nitrogens with zero attached hydrogens (tertiary/aromatic N) is 5. The quantitative estimate of drug-likeness (QED) is 0.442. The predicted molar refractivity (Wildman–Crippen MR) is 130 cm³/mol. The maximum Gasteiger partial charge on any atom is 0.269 e. The number of anilines is 2. The largest absolute Gasteiger partial charge is 0.395 e. The van der Waals surface area contributed by atoms with E-state index >= 15 is 0 Å². The molecule has 1 aliphatic heterocycles. The first-order valence-corrected chi connectivity index (χ1v) is 10.9. The fraction of sp³-hybridized carbons (Fsp3) is 0.250. The Kier molecular flexibility index (Phi) is 5.18. The average Bonchev–Trinajstić information content (AvgIpc) is 3.29. The van der Waals surface area contributed by atoms with E-state index in [4.69, 9.17) is 16.5 Å². The van der Waals surface area contributed by atoms with Crippen LogP contribution >= 0.6 is 0 Å². The molecule has 9 nitrogen and oxygen atoms in total. The lowest BCUT2D eigenvalue weighted by molar-refractivity contribution is 0.0996. The van der Waals surface area contributed by atoms with Gasteiger partial charge in [0.25, 0.3) is 5.91 Å². The number of fused-ring (bicyclic) bond motifs is 1. The molecule has 0 aliphatic carbocycles. The van der Waals surface area contributed by atoms with Gasteiger partial charge in [-0.05, 0) is 37.7 Å². The van der Waals surface area contributed by atoms with Crippen molar-refractivity contribution in [1.82, 2.24) is 25.1 Å². The van der Waals surface area contributed by atoms with Crippen LogP contribution in [0.3, 0.4) is 0 Å². The van der Waals surface area contributed by atoms with Gasteiger partial charge in [0.15, 0.2) is 11.5 Å². The molecule has 1 amide bonds. The monoisotopic (exact) mass is 442 g/mol. The molecule has 5 N–H and O–H groups in total. The van der Waals surface area contributed by atoms with Gasteiger partial charge in [0.2, 0.25) is 0 Å². The van der Waals surface area contributed by atoms with Gasteiger partial charge in [0.1, 0.15) is 0 Å². The topological polar surface area (TPSA) is 130 Å². The smallest absolute Gasteiger partial charge is 0.269 e. The third-order valence-electron chi connectivity index (χ3n) is 6.22. The van der Waals surface area contributed by atoms with E-state index in [0.29, 0.717) is 11.5 Å². The number of primary amides is 1. The van der Waals surface area contributed by atoms with E-state index in [-0.39, 0.29) is 11.4 Å². The van der Waals surface area contributed by atoms with Crippen molar-refractivity contribution >= 4 is 28.2 Å². The molecule has 2 aromatic carbocycles. The van der Waals surface area contributed by atoms with Crippen molar-refractivity contribution in [3.63, 3.8) is 0 Å². The summed E-state index contributed by atoms with van der Waals surface area (Å²) in [4.78, 5) is 26.2. The Morgan fingerprint density at radius 1 is 1.09 bits per heavy atom. The Bertz CT molecular complexity index is 1350. The normalized spacial score (nSPS) is 14.7. The van der Waals surface area contributed by atoms with Crippen LogP contribution in [0.5, 0.6) is 0 Å². The van der Waals surface area contributed by atoms with Crippen LogP contribution in [0.25, 0.3) is 33.5 Å². The summed E-state index contributed by atoms with van der Waals surface area (Å²) in [5, 5.41) is 8.00. The van der Waals surface area contributed by atoms with Gasteiger partial charge in [0.05, 0.1) is 23.1 Å². The van der Waals surface area contributed by atoms with Crippen LogP contribution in [-0.2, 0) is 0 Å². The lowest BCUT2D eigenvalue weighted by atomic mass is 9.99. The second kappa shape index (κ2) is 8.18. The van der Waals surface area contributed by atoms with E-state index in [9.17, 15) is 4.79 Å². The molecule has 5 rings (SSSR count). The zero-order chi connectivity index (χ0) is 23.1. The lowest BCUT2D eigenvalue weighted by Gasteiger charge is -2.34. The summed E-state index contributed by atoms with van der Waals surface area (Å²) in [7, 11) is 2.13. The number of carbonyl (C=O) groups is 1. The van der Waals surface area contributed by atoms with Crippen molar-refractivity contribution in [2.45, 2.75) is 6.92 Å². The van der Waals surface area contributed by atoms with Gasteiger partial charge in [-0.15, -0.1) is 0 Å². The van der Waals surface area contributed by atoms with Crippen molar-refractivity contribution in [1.29, 1.82) is 0 Å². The Morgan fingerprint density at radius 3 is 2.64 bits per heavy atom. The Labute approximate surface area is 191 Å². The van der Waals surface area contributed by atoms with Crippen LogP contribution in [0.4, 0.5) is 11.4 Å². The minimum atomic E-state index is -0.690. The number of H-pyrrole nitrogens is 1. The zero-order valence-electron chi connectivity index (χ0n) is 18.7. The Hall–Kier alpha value is -3.98. The molecular formula is C24H26N8O. The zero-order valence-corrected chi connectivity index (χ0v) is 18.7. The van der Waals surface area contributed by atoms with E-state index in [2.05, 4.69) is 44.2 Å². The molecular weight excluding hydrogens is 416 g/mol. The molecule has 4 aromatic rings. The highest BCUT2D eigenvalue weighted by Crippen LogP contribution is 2.36. The molecule has 0 bridgehead atoms. The number of likely N-dealkylation sites (N-methyl/N-ethyl adjacent to an activating group) is 1. The van der Waals surface area contributed by atoms with Crippen LogP contribution in [0.15, 0.2) is 42.6 Å². The number of hydrogen-bond acceptors (Lipinski definition) is 7. The highest BCUT2D eigenvalue weighted by molar-refractivity contribution is 6.04. The van der Waals surface area contributed by atoms with Crippen LogP contribution < -0.4 is 16.4 Å². The number of amides is 1. The first kappa shape index (κ1) is 20.9. The maximum absolute atomic E-state index is 12.3. The minimum Gasteiger partial charge on any atom is -0.395 e. The summed E-state index contributed by atoms with van der Waals surface area (Å²) in [5.41, 5.74) is 17.2. The molecule has 0 radical (unpaired) electrons. The molecule has 0 unspecified atom stereocenters. The molecule has 33 heavy (non-hydrogen) atoms. The number of nitrogens with two attached hydrogens (primary N) is 2. The van der Waals surface area contributed by atoms with E-state index in [1.165, 1.54) is 0 Å². The number of nitrogens with one attached hydrogen (secondary N) is 1. The SMILES string of the molecule is Cc1ccc2[nH]ncc2c1-c1nc(-c2cccc(N3CCN(C)CC3)c2)nc(C(N)=O)c1N. The van der Waals surface area contributed by atoms with Gasteiger partial charge < -0.3 is 21.3 Å². The average molecular weight is 443 g/mol. The number of aromatic nitrogens is 4. The standard InChI is InChI=1S/C24H26N8O/c1-14-6-7-18-17(13-27-30-18)19(14)21-20(25)22(23(26)33)29-24(28-21)15-4-3-5-16(12-15)32-10-8-31(2)9-11-32/h3-7,12-13H,8-11,25H2,1-2H3,(H2,26,33)(H,27,30). The van der Waals surface area contributed by atoms with Gasteiger partial charge >= 0.3 is 0 Å². The highest BCUT2D eigenvalue weighted by atomic mass is 16.1. The van der Waals surface area contributed by atoms with E-state index < -0.39 is 5.91 Å². The number of aryl methyl sites for hydroxylation is 1. The third-order valence-corrected chi connectivity index (χ3v) is 6.22. The summed E-state index contributed by atoms with van der Waals surface area (Å²) in [6.07, 6.45) is 1.73. The number of piperazine rings is 1. The van der Waals surface area contributed by atoms with Gasteiger partial charge in [-0.1, -0.05) is 18.2 Å². The molecule has 9 heteroatoms. The summed E-state index contributed by atoms with van der Waals surface area (Å²) >= 11 is 0. The number of rotatable bonds is 4. The molecule has 1 fully saturated rings. The summed E-state index contributed by atoms with van der Waals surface area (Å²) in [6.45, 7) is 5.88. The minimum absolute atomic E-state index is 0.0138.